The lowest BCUT2D eigenvalue weighted by Gasteiger charge is -2.08. The summed E-state index contributed by atoms with van der Waals surface area (Å²) in [6.07, 6.45) is -0.561. The van der Waals surface area contributed by atoms with E-state index < -0.39 is 6.09 Å². The van der Waals surface area contributed by atoms with E-state index in [4.69, 9.17) is 4.52 Å². The highest BCUT2D eigenvalue weighted by Crippen LogP contribution is 2.26. The minimum Gasteiger partial charge on any atom is -0.453 e. The smallest absolute Gasteiger partial charge is 0.411 e. The Balaban J connectivity index is 1.79. The molecule has 0 bridgehead atoms. The predicted molar refractivity (Wildman–Crippen MR) is 97.1 cm³/mol. The number of carbonyl (C=O) groups excluding carboxylic acids is 2. The van der Waals surface area contributed by atoms with Crippen LogP contribution in [0.25, 0.3) is 11.3 Å². The number of amides is 2. The first-order valence-electron chi connectivity index (χ1n) is 7.86. The molecule has 1 heterocycles. The second kappa shape index (κ2) is 7.52. The average Bonchev–Trinajstić information content (AvgIpc) is 3.05. The van der Waals surface area contributed by atoms with Crippen molar-refractivity contribution >= 4 is 23.4 Å². The molecule has 0 aliphatic heterocycles. The number of methoxy groups -OCH3 is 1. The Morgan fingerprint density at radius 3 is 2.19 bits per heavy atom. The van der Waals surface area contributed by atoms with Crippen molar-refractivity contribution in [3.63, 3.8) is 0 Å². The fourth-order valence-corrected chi connectivity index (χ4v) is 2.43. The molecule has 0 aliphatic carbocycles. The van der Waals surface area contributed by atoms with Gasteiger partial charge in [-0.05, 0) is 31.2 Å². The first kappa shape index (κ1) is 17.2. The van der Waals surface area contributed by atoms with Gasteiger partial charge < -0.3 is 14.6 Å². The summed E-state index contributed by atoms with van der Waals surface area (Å²) in [4.78, 5) is 23.9. The van der Waals surface area contributed by atoms with Crippen molar-refractivity contribution in [3.8, 4) is 11.3 Å². The fraction of sp³-hybridized carbons (Fsp3) is 0.105. The van der Waals surface area contributed by atoms with Crippen LogP contribution >= 0.6 is 0 Å². The molecule has 0 radical (unpaired) electrons. The van der Waals surface area contributed by atoms with Crippen molar-refractivity contribution < 1.29 is 18.8 Å². The molecule has 2 N–H and O–H groups in total. The molecule has 2 amide bonds. The van der Waals surface area contributed by atoms with E-state index >= 15 is 0 Å². The van der Waals surface area contributed by atoms with Gasteiger partial charge in [-0.1, -0.05) is 35.5 Å². The van der Waals surface area contributed by atoms with Crippen molar-refractivity contribution in [2.75, 3.05) is 17.7 Å². The molecule has 0 atom stereocenters. The standard InChI is InChI=1S/C19H17N3O4/c1-12-16(17(22-26-12)13-6-4-3-5-7-13)18(23)20-14-8-10-15(11-9-14)21-19(24)25-2/h3-11H,1-2H3,(H,20,23)(H,21,24). The molecule has 132 valence electrons. The van der Waals surface area contributed by atoms with Crippen LogP contribution in [0.5, 0.6) is 0 Å². The van der Waals surface area contributed by atoms with Crippen molar-refractivity contribution in [3.05, 3.63) is 65.9 Å². The van der Waals surface area contributed by atoms with Crippen LogP contribution in [0.2, 0.25) is 0 Å². The van der Waals surface area contributed by atoms with Gasteiger partial charge in [-0.25, -0.2) is 4.79 Å². The third-order valence-electron chi connectivity index (χ3n) is 3.71. The van der Waals surface area contributed by atoms with Gasteiger partial charge in [0.1, 0.15) is 17.0 Å². The Morgan fingerprint density at radius 1 is 0.962 bits per heavy atom. The van der Waals surface area contributed by atoms with Gasteiger partial charge in [-0.2, -0.15) is 0 Å². The molecule has 0 saturated heterocycles. The van der Waals surface area contributed by atoms with Gasteiger partial charge in [-0.3, -0.25) is 10.1 Å². The molecular formula is C19H17N3O4. The molecule has 0 unspecified atom stereocenters. The van der Waals surface area contributed by atoms with Gasteiger partial charge in [0.2, 0.25) is 0 Å². The summed E-state index contributed by atoms with van der Waals surface area (Å²) in [6.45, 7) is 1.69. The van der Waals surface area contributed by atoms with E-state index in [1.54, 1.807) is 31.2 Å². The first-order chi connectivity index (χ1) is 12.6. The molecule has 0 saturated carbocycles. The van der Waals surface area contributed by atoms with Gasteiger partial charge in [0.05, 0.1) is 7.11 Å². The summed E-state index contributed by atoms with van der Waals surface area (Å²) in [7, 11) is 1.29. The van der Waals surface area contributed by atoms with Gasteiger partial charge >= 0.3 is 6.09 Å². The molecule has 7 nitrogen and oxygen atoms in total. The van der Waals surface area contributed by atoms with Gasteiger partial charge in [0.15, 0.2) is 0 Å². The summed E-state index contributed by atoms with van der Waals surface area (Å²) < 4.78 is 9.74. The minimum absolute atomic E-state index is 0.323. The summed E-state index contributed by atoms with van der Waals surface area (Å²) in [5.74, 6) is 0.113. The molecular weight excluding hydrogens is 334 g/mol. The lowest BCUT2D eigenvalue weighted by molar-refractivity contribution is 0.102. The van der Waals surface area contributed by atoms with Crippen molar-refractivity contribution in [2.24, 2.45) is 0 Å². The largest absolute Gasteiger partial charge is 0.453 e. The second-order valence-electron chi connectivity index (χ2n) is 5.48. The van der Waals surface area contributed by atoms with E-state index in [-0.39, 0.29) is 5.91 Å². The second-order valence-corrected chi connectivity index (χ2v) is 5.48. The van der Waals surface area contributed by atoms with E-state index in [1.165, 1.54) is 7.11 Å². The predicted octanol–water partition coefficient (Wildman–Crippen LogP) is 4.08. The van der Waals surface area contributed by atoms with Crippen molar-refractivity contribution in [1.82, 2.24) is 5.16 Å². The molecule has 0 aliphatic rings. The molecule has 3 aromatic rings. The lowest BCUT2D eigenvalue weighted by Crippen LogP contribution is -2.14. The lowest BCUT2D eigenvalue weighted by atomic mass is 10.1. The SMILES string of the molecule is COC(=O)Nc1ccc(NC(=O)c2c(-c3ccccc3)noc2C)cc1. The van der Waals surface area contributed by atoms with Gasteiger partial charge in [0.25, 0.3) is 5.91 Å². The zero-order valence-electron chi connectivity index (χ0n) is 14.3. The molecule has 2 aromatic carbocycles. The van der Waals surface area contributed by atoms with Crippen LogP contribution in [0.1, 0.15) is 16.1 Å². The maximum atomic E-state index is 12.7. The first-order valence-corrected chi connectivity index (χ1v) is 7.86. The summed E-state index contributed by atoms with van der Waals surface area (Å²) in [5, 5.41) is 9.36. The Labute approximate surface area is 150 Å². The molecule has 7 heteroatoms. The Morgan fingerprint density at radius 2 is 1.58 bits per heavy atom. The number of benzene rings is 2. The van der Waals surface area contributed by atoms with Crippen LogP contribution in [-0.2, 0) is 4.74 Å². The van der Waals surface area contributed by atoms with Crippen LogP contribution < -0.4 is 10.6 Å². The molecule has 1 aromatic heterocycles. The average molecular weight is 351 g/mol. The van der Waals surface area contributed by atoms with E-state index in [9.17, 15) is 9.59 Å². The van der Waals surface area contributed by atoms with Crippen molar-refractivity contribution in [1.29, 1.82) is 0 Å². The Kier molecular flexibility index (Phi) is 4.98. The topological polar surface area (TPSA) is 93.5 Å². The van der Waals surface area contributed by atoms with E-state index in [0.717, 1.165) is 5.56 Å². The molecule has 0 spiro atoms. The number of aromatic nitrogens is 1. The van der Waals surface area contributed by atoms with Crippen LogP contribution in [0.15, 0.2) is 59.1 Å². The number of hydrogen-bond donors (Lipinski definition) is 2. The number of anilines is 2. The Hall–Kier alpha value is -3.61. The Bertz CT molecular complexity index is 918. The zero-order chi connectivity index (χ0) is 18.5. The number of rotatable bonds is 4. The van der Waals surface area contributed by atoms with E-state index in [0.29, 0.717) is 28.4 Å². The highest BCUT2D eigenvalue weighted by Gasteiger charge is 2.21. The maximum absolute atomic E-state index is 12.7. The third kappa shape index (κ3) is 3.72. The number of carbonyl (C=O) groups is 2. The normalized spacial score (nSPS) is 10.2. The van der Waals surface area contributed by atoms with E-state index in [1.807, 2.05) is 30.3 Å². The van der Waals surface area contributed by atoms with Gasteiger partial charge in [-0.15, -0.1) is 0 Å². The molecule has 3 rings (SSSR count). The number of nitrogens with one attached hydrogen (secondary N) is 2. The number of ether oxygens (including phenoxy) is 1. The monoisotopic (exact) mass is 351 g/mol. The summed E-state index contributed by atoms with van der Waals surface area (Å²) in [6, 6.07) is 16.0. The third-order valence-corrected chi connectivity index (χ3v) is 3.71. The summed E-state index contributed by atoms with van der Waals surface area (Å²) in [5.41, 5.74) is 2.80. The highest BCUT2D eigenvalue weighted by atomic mass is 16.5. The van der Waals surface area contributed by atoms with Crippen LogP contribution in [0, 0.1) is 6.92 Å². The number of aryl methyl sites for hydroxylation is 1. The van der Waals surface area contributed by atoms with E-state index in [2.05, 4.69) is 20.5 Å². The quantitative estimate of drug-likeness (QED) is 0.739. The zero-order valence-corrected chi connectivity index (χ0v) is 14.3. The fourth-order valence-electron chi connectivity index (χ4n) is 2.43. The minimum atomic E-state index is -0.561. The van der Waals surface area contributed by atoms with Crippen LogP contribution in [0.4, 0.5) is 16.2 Å². The molecule has 0 fully saturated rings. The van der Waals surface area contributed by atoms with Gasteiger partial charge in [0, 0.05) is 16.9 Å². The number of nitrogens with zero attached hydrogens (tertiary/aromatic N) is 1. The highest BCUT2D eigenvalue weighted by molar-refractivity contribution is 6.08. The van der Waals surface area contributed by atoms with Crippen molar-refractivity contribution in [2.45, 2.75) is 6.92 Å². The van der Waals surface area contributed by atoms with Crippen LogP contribution in [0.3, 0.4) is 0 Å². The van der Waals surface area contributed by atoms with Crippen LogP contribution in [-0.4, -0.2) is 24.3 Å². The number of hydrogen-bond acceptors (Lipinski definition) is 5. The molecule has 26 heavy (non-hydrogen) atoms. The maximum Gasteiger partial charge on any atom is 0.411 e. The summed E-state index contributed by atoms with van der Waals surface area (Å²) >= 11 is 0.